The van der Waals surface area contributed by atoms with E-state index in [1.54, 1.807) is 24.4 Å². The van der Waals surface area contributed by atoms with Crippen LogP contribution in [0.25, 0.3) is 10.8 Å². The third kappa shape index (κ3) is 3.65. The van der Waals surface area contributed by atoms with Gasteiger partial charge in [-0.25, -0.2) is 9.37 Å². The highest BCUT2D eigenvalue weighted by Gasteiger charge is 2.47. The predicted octanol–water partition coefficient (Wildman–Crippen LogP) is 2.04. The molecule has 1 fully saturated rings. The van der Waals surface area contributed by atoms with Crippen molar-refractivity contribution in [1.82, 2.24) is 9.88 Å². The van der Waals surface area contributed by atoms with Gasteiger partial charge in [-0.1, -0.05) is 6.92 Å². The average Bonchev–Trinajstić information content (AvgIpc) is 2.96. The van der Waals surface area contributed by atoms with Gasteiger partial charge in [0.2, 0.25) is 5.88 Å². The number of halogens is 1. The minimum Gasteiger partial charge on any atom is -0.490 e. The molecule has 1 saturated heterocycles. The summed E-state index contributed by atoms with van der Waals surface area (Å²) in [6, 6.07) is 4.77. The highest BCUT2D eigenvalue weighted by atomic mass is 19.1. The summed E-state index contributed by atoms with van der Waals surface area (Å²) in [7, 11) is 0. The fourth-order valence-corrected chi connectivity index (χ4v) is 4.19. The van der Waals surface area contributed by atoms with Crippen molar-refractivity contribution in [3.8, 4) is 11.6 Å². The van der Waals surface area contributed by atoms with Gasteiger partial charge in [0.25, 0.3) is 11.8 Å². The summed E-state index contributed by atoms with van der Waals surface area (Å²) < 4.78 is 31.7. The molecule has 9 heteroatoms. The highest BCUT2D eigenvalue weighted by Crippen LogP contribution is 2.34. The van der Waals surface area contributed by atoms with Crippen molar-refractivity contribution in [2.24, 2.45) is 11.7 Å². The minimum absolute atomic E-state index is 0.0275. The lowest BCUT2D eigenvalue weighted by atomic mass is 9.94. The Hall–Kier alpha value is -2.94. The molecule has 4 rings (SSSR count). The summed E-state index contributed by atoms with van der Waals surface area (Å²) in [4.78, 5) is 30.0. The number of nitrogens with zero attached hydrogens (tertiary/aromatic N) is 2. The number of rotatable bonds is 2. The van der Waals surface area contributed by atoms with E-state index in [0.717, 1.165) is 5.39 Å². The molecule has 2 N–H and O–H groups in total. The molecule has 0 aliphatic carbocycles. The van der Waals surface area contributed by atoms with Gasteiger partial charge in [-0.05, 0) is 30.0 Å². The monoisotopic (exact) mass is 417 g/mol. The Bertz CT molecular complexity index is 969. The standard InChI is InChI=1S/C21H24FN3O5/c1-2-13-16-4-6-30-20-14-10-17(15(19(23)26)9-12(14)3-5-24-20)29-8-7-28-11-25(16)21(27)18(13)22/h3,5,9-10,13,16,18H,2,4,6-8,11H2,1H3,(H2,23,26)/t13-,16+,18-/m0/s1. The van der Waals surface area contributed by atoms with Crippen LogP contribution < -0.4 is 15.2 Å². The number of carbonyl (C=O) groups excluding carboxylic acids is 2. The summed E-state index contributed by atoms with van der Waals surface area (Å²) in [6.07, 6.45) is 1.04. The summed E-state index contributed by atoms with van der Waals surface area (Å²) in [6.45, 7) is 2.39. The van der Waals surface area contributed by atoms with Gasteiger partial charge in [-0.15, -0.1) is 0 Å². The average molecular weight is 417 g/mol. The maximum Gasteiger partial charge on any atom is 0.259 e. The summed E-state index contributed by atoms with van der Waals surface area (Å²) in [5, 5.41) is 1.41. The van der Waals surface area contributed by atoms with E-state index in [1.165, 1.54) is 4.90 Å². The zero-order chi connectivity index (χ0) is 21.3. The molecule has 1 aromatic heterocycles. The van der Waals surface area contributed by atoms with Gasteiger partial charge < -0.3 is 24.8 Å². The molecule has 1 aromatic carbocycles. The van der Waals surface area contributed by atoms with Crippen LogP contribution in [-0.4, -0.2) is 60.5 Å². The largest absolute Gasteiger partial charge is 0.490 e. The van der Waals surface area contributed by atoms with Crippen LogP contribution in [0.3, 0.4) is 0 Å². The second kappa shape index (κ2) is 8.43. The van der Waals surface area contributed by atoms with Gasteiger partial charge in [0.15, 0.2) is 6.17 Å². The molecule has 3 atom stereocenters. The van der Waals surface area contributed by atoms with Crippen molar-refractivity contribution in [2.45, 2.75) is 32.0 Å². The fraction of sp³-hybridized carbons (Fsp3) is 0.476. The van der Waals surface area contributed by atoms with E-state index >= 15 is 0 Å². The van der Waals surface area contributed by atoms with Crippen molar-refractivity contribution in [1.29, 1.82) is 0 Å². The number of nitrogens with two attached hydrogens (primary N) is 1. The lowest BCUT2D eigenvalue weighted by Crippen LogP contribution is -2.38. The number of pyridine rings is 1. The summed E-state index contributed by atoms with van der Waals surface area (Å²) in [5.41, 5.74) is 5.74. The smallest absolute Gasteiger partial charge is 0.259 e. The van der Waals surface area contributed by atoms with Crippen molar-refractivity contribution < 1.29 is 28.2 Å². The molecule has 8 nitrogen and oxygen atoms in total. The van der Waals surface area contributed by atoms with E-state index in [-0.39, 0.29) is 38.2 Å². The van der Waals surface area contributed by atoms with Crippen molar-refractivity contribution in [3.63, 3.8) is 0 Å². The topological polar surface area (TPSA) is 104 Å². The highest BCUT2D eigenvalue weighted by molar-refractivity contribution is 6.01. The first-order valence-electron chi connectivity index (χ1n) is 10.0. The van der Waals surface area contributed by atoms with Crippen molar-refractivity contribution >= 4 is 22.6 Å². The van der Waals surface area contributed by atoms with Crippen LogP contribution in [-0.2, 0) is 9.53 Å². The molecular weight excluding hydrogens is 393 g/mol. The van der Waals surface area contributed by atoms with Gasteiger partial charge in [0, 0.05) is 30.0 Å². The number of aromatic nitrogens is 1. The lowest BCUT2D eigenvalue weighted by Gasteiger charge is -2.27. The zero-order valence-corrected chi connectivity index (χ0v) is 16.7. The first-order chi connectivity index (χ1) is 14.5. The van der Waals surface area contributed by atoms with E-state index in [4.69, 9.17) is 19.9 Å². The Balaban J connectivity index is 1.67. The van der Waals surface area contributed by atoms with Gasteiger partial charge in [-0.3, -0.25) is 9.59 Å². The molecule has 0 spiro atoms. The predicted molar refractivity (Wildman–Crippen MR) is 106 cm³/mol. The van der Waals surface area contributed by atoms with E-state index in [9.17, 15) is 14.0 Å². The molecule has 2 amide bonds. The van der Waals surface area contributed by atoms with Crippen LogP contribution >= 0.6 is 0 Å². The zero-order valence-electron chi connectivity index (χ0n) is 16.7. The van der Waals surface area contributed by atoms with Crippen LogP contribution in [0.5, 0.6) is 11.6 Å². The number of hydrogen-bond donors (Lipinski definition) is 1. The van der Waals surface area contributed by atoms with Crippen LogP contribution in [0.15, 0.2) is 24.4 Å². The normalized spacial score (nSPS) is 24.8. The Kier molecular flexibility index (Phi) is 5.72. The Labute approximate surface area is 173 Å². The number of primary amides is 1. The lowest BCUT2D eigenvalue weighted by molar-refractivity contribution is -0.138. The van der Waals surface area contributed by atoms with Gasteiger partial charge in [-0.2, -0.15) is 0 Å². The molecule has 2 bridgehead atoms. The second-order valence-corrected chi connectivity index (χ2v) is 7.42. The molecule has 160 valence electrons. The quantitative estimate of drug-likeness (QED) is 0.802. The van der Waals surface area contributed by atoms with Crippen LogP contribution in [0.4, 0.5) is 4.39 Å². The number of hydrogen-bond acceptors (Lipinski definition) is 6. The number of ether oxygens (including phenoxy) is 3. The Morgan fingerprint density at radius 2 is 2.13 bits per heavy atom. The van der Waals surface area contributed by atoms with E-state index in [0.29, 0.717) is 29.9 Å². The third-order valence-electron chi connectivity index (χ3n) is 5.72. The van der Waals surface area contributed by atoms with Gasteiger partial charge in [0.05, 0.1) is 18.8 Å². The molecule has 3 heterocycles. The number of benzene rings is 1. The summed E-state index contributed by atoms with van der Waals surface area (Å²) in [5.74, 6) is -0.889. The molecule has 0 saturated carbocycles. The molecule has 0 radical (unpaired) electrons. The number of amides is 2. The first kappa shape index (κ1) is 20.3. The van der Waals surface area contributed by atoms with E-state index in [2.05, 4.69) is 4.98 Å². The number of carbonyl (C=O) groups is 2. The number of fused-ring (bicyclic) bond motifs is 2. The first-order valence-corrected chi connectivity index (χ1v) is 10.0. The van der Waals surface area contributed by atoms with Crippen LogP contribution in [0.1, 0.15) is 30.1 Å². The van der Waals surface area contributed by atoms with E-state index in [1.807, 2.05) is 6.92 Å². The van der Waals surface area contributed by atoms with Crippen LogP contribution in [0, 0.1) is 5.92 Å². The molecule has 2 aliphatic rings. The van der Waals surface area contributed by atoms with Crippen LogP contribution in [0.2, 0.25) is 0 Å². The van der Waals surface area contributed by atoms with Crippen molar-refractivity contribution in [3.05, 3.63) is 30.0 Å². The third-order valence-corrected chi connectivity index (χ3v) is 5.72. The molecule has 2 aliphatic heterocycles. The second-order valence-electron chi connectivity index (χ2n) is 7.42. The minimum atomic E-state index is -1.54. The van der Waals surface area contributed by atoms with Gasteiger partial charge >= 0.3 is 0 Å². The molecule has 30 heavy (non-hydrogen) atoms. The maximum atomic E-state index is 14.5. The maximum absolute atomic E-state index is 14.5. The van der Waals surface area contributed by atoms with E-state index < -0.39 is 23.9 Å². The molecule has 0 unspecified atom stereocenters. The Morgan fingerprint density at radius 1 is 1.30 bits per heavy atom. The summed E-state index contributed by atoms with van der Waals surface area (Å²) >= 11 is 0. The molecule has 2 aromatic rings. The molecular formula is C21H24FN3O5. The fourth-order valence-electron chi connectivity index (χ4n) is 4.19. The Morgan fingerprint density at radius 3 is 2.90 bits per heavy atom. The SMILES string of the molecule is CC[C@@H]1[C@H](F)C(=O)N2COCCOc3cc4c(nccc4cc3C(N)=O)OCC[C@H]12. The number of alkyl halides is 1. The van der Waals surface area contributed by atoms with Gasteiger partial charge in [0.1, 0.15) is 19.1 Å². The van der Waals surface area contributed by atoms with Crippen molar-refractivity contribution in [2.75, 3.05) is 26.6 Å².